The van der Waals surface area contributed by atoms with Crippen molar-refractivity contribution < 1.29 is 4.39 Å². The third kappa shape index (κ3) is 4.34. The van der Waals surface area contributed by atoms with Crippen LogP contribution >= 0.6 is 11.8 Å². The summed E-state index contributed by atoms with van der Waals surface area (Å²) in [6.45, 7) is 2.11. The maximum atomic E-state index is 12.8. The normalized spacial score (nSPS) is 12.3. The average Bonchev–Trinajstić information content (AvgIpc) is 2.47. The van der Waals surface area contributed by atoms with Gasteiger partial charge in [0.25, 0.3) is 0 Å². The number of rotatable bonds is 6. The van der Waals surface area contributed by atoms with E-state index in [9.17, 15) is 4.39 Å². The number of benzene rings is 2. The lowest BCUT2D eigenvalue weighted by Crippen LogP contribution is -2.38. The first-order valence-corrected chi connectivity index (χ1v) is 7.56. The van der Waals surface area contributed by atoms with Crippen LogP contribution in [0.5, 0.6) is 0 Å². The Hall–Kier alpha value is -1.36. The summed E-state index contributed by atoms with van der Waals surface area (Å²) in [7, 11) is 0. The number of hydrogen-bond acceptors (Lipinski definition) is 3. The third-order valence-electron chi connectivity index (χ3n) is 3.23. The fourth-order valence-electron chi connectivity index (χ4n) is 2.00. The lowest BCUT2D eigenvalue weighted by Gasteiger charge is -2.16. The van der Waals surface area contributed by atoms with E-state index in [0.717, 1.165) is 17.1 Å². The summed E-state index contributed by atoms with van der Waals surface area (Å²) < 4.78 is 12.8. The quantitative estimate of drug-likeness (QED) is 0.487. The highest BCUT2D eigenvalue weighted by Crippen LogP contribution is 2.20. The van der Waals surface area contributed by atoms with Gasteiger partial charge in [-0.1, -0.05) is 24.3 Å². The molecular weight excluding hydrogens is 271 g/mol. The summed E-state index contributed by atoms with van der Waals surface area (Å²) in [6, 6.07) is 15.1. The Morgan fingerprint density at radius 1 is 1.15 bits per heavy atom. The fourth-order valence-corrected chi connectivity index (χ4v) is 2.93. The van der Waals surface area contributed by atoms with Gasteiger partial charge in [0, 0.05) is 16.7 Å². The Labute approximate surface area is 123 Å². The van der Waals surface area contributed by atoms with Crippen LogP contribution in [0.2, 0.25) is 0 Å². The first-order chi connectivity index (χ1) is 9.69. The largest absolute Gasteiger partial charge is 0.271 e. The summed E-state index contributed by atoms with van der Waals surface area (Å²) in [5, 5.41) is 0. The molecule has 0 spiro atoms. The molecule has 0 radical (unpaired) electrons. The number of halogens is 1. The topological polar surface area (TPSA) is 38.0 Å². The van der Waals surface area contributed by atoms with E-state index in [1.54, 1.807) is 23.9 Å². The van der Waals surface area contributed by atoms with Crippen molar-refractivity contribution in [2.24, 2.45) is 5.84 Å². The predicted molar refractivity (Wildman–Crippen MR) is 83.1 cm³/mol. The van der Waals surface area contributed by atoms with Crippen LogP contribution < -0.4 is 11.3 Å². The van der Waals surface area contributed by atoms with Gasteiger partial charge in [0.2, 0.25) is 0 Å². The van der Waals surface area contributed by atoms with Crippen molar-refractivity contribution in [3.8, 4) is 0 Å². The van der Waals surface area contributed by atoms with E-state index in [1.165, 1.54) is 23.3 Å². The molecule has 2 nitrogen and oxygen atoms in total. The van der Waals surface area contributed by atoms with Gasteiger partial charge in [-0.25, -0.2) is 4.39 Å². The minimum atomic E-state index is -0.206. The second-order valence-electron chi connectivity index (χ2n) is 4.76. The molecule has 0 aromatic heterocycles. The fraction of sp³-hybridized carbons (Fsp3) is 0.250. The molecule has 2 aromatic rings. The molecule has 0 aliphatic rings. The van der Waals surface area contributed by atoms with Crippen molar-refractivity contribution in [2.45, 2.75) is 24.3 Å². The Balaban J connectivity index is 1.92. The third-order valence-corrected chi connectivity index (χ3v) is 4.40. The summed E-state index contributed by atoms with van der Waals surface area (Å²) in [5.41, 5.74) is 5.44. The van der Waals surface area contributed by atoms with Crippen molar-refractivity contribution in [1.29, 1.82) is 0 Å². The molecule has 0 bridgehead atoms. The van der Waals surface area contributed by atoms with Crippen molar-refractivity contribution in [1.82, 2.24) is 5.43 Å². The maximum absolute atomic E-state index is 12.8. The zero-order valence-electron chi connectivity index (χ0n) is 11.5. The van der Waals surface area contributed by atoms with Gasteiger partial charge in [-0.2, -0.15) is 0 Å². The monoisotopic (exact) mass is 290 g/mol. The Morgan fingerprint density at radius 2 is 1.85 bits per heavy atom. The molecular formula is C16H19FN2S. The molecule has 2 aromatic carbocycles. The SMILES string of the molecule is Cc1ccccc1CC(CSc1ccc(F)cc1)NN. The molecule has 0 aliphatic carbocycles. The number of aryl methyl sites for hydroxylation is 1. The standard InChI is InChI=1S/C16H19FN2S/c1-12-4-2-3-5-13(12)10-15(19-18)11-20-16-8-6-14(17)7-9-16/h2-9,15,19H,10-11,18H2,1H3. The molecule has 20 heavy (non-hydrogen) atoms. The van der Waals surface area contributed by atoms with Crippen molar-refractivity contribution in [2.75, 3.05) is 5.75 Å². The van der Waals surface area contributed by atoms with Crippen LogP contribution in [0.15, 0.2) is 53.4 Å². The van der Waals surface area contributed by atoms with E-state index in [4.69, 9.17) is 5.84 Å². The van der Waals surface area contributed by atoms with Gasteiger partial charge < -0.3 is 0 Å². The minimum Gasteiger partial charge on any atom is -0.271 e. The van der Waals surface area contributed by atoms with Gasteiger partial charge in [-0.05, 0) is 48.7 Å². The number of hydrogen-bond donors (Lipinski definition) is 2. The van der Waals surface area contributed by atoms with Crippen LogP contribution in [0.25, 0.3) is 0 Å². The van der Waals surface area contributed by atoms with Crippen LogP contribution in [-0.2, 0) is 6.42 Å². The summed E-state index contributed by atoms with van der Waals surface area (Å²) in [6.07, 6.45) is 0.886. The van der Waals surface area contributed by atoms with Crippen LogP contribution in [-0.4, -0.2) is 11.8 Å². The molecule has 4 heteroatoms. The van der Waals surface area contributed by atoms with Gasteiger partial charge in [0.1, 0.15) is 5.82 Å². The van der Waals surface area contributed by atoms with Crippen LogP contribution in [0.1, 0.15) is 11.1 Å². The number of hydrazine groups is 1. The number of nitrogens with one attached hydrogen (secondary N) is 1. The smallest absolute Gasteiger partial charge is 0.123 e. The molecule has 0 aliphatic heterocycles. The summed E-state index contributed by atoms with van der Waals surface area (Å²) in [5.74, 6) is 6.27. The van der Waals surface area contributed by atoms with Crippen LogP contribution in [0.4, 0.5) is 4.39 Å². The van der Waals surface area contributed by atoms with E-state index >= 15 is 0 Å². The van der Waals surface area contributed by atoms with Crippen LogP contribution in [0.3, 0.4) is 0 Å². The molecule has 0 fully saturated rings. The van der Waals surface area contributed by atoms with Gasteiger partial charge in [0.05, 0.1) is 0 Å². The highest BCUT2D eigenvalue weighted by Gasteiger charge is 2.10. The zero-order valence-corrected chi connectivity index (χ0v) is 12.3. The Kier molecular flexibility index (Phi) is 5.59. The zero-order chi connectivity index (χ0) is 14.4. The molecule has 0 amide bonds. The van der Waals surface area contributed by atoms with E-state index in [-0.39, 0.29) is 11.9 Å². The minimum absolute atomic E-state index is 0.186. The molecule has 0 saturated heterocycles. The lowest BCUT2D eigenvalue weighted by molar-refractivity contribution is 0.574. The van der Waals surface area contributed by atoms with E-state index in [1.807, 2.05) is 12.1 Å². The van der Waals surface area contributed by atoms with Crippen molar-refractivity contribution >= 4 is 11.8 Å². The van der Waals surface area contributed by atoms with Gasteiger partial charge in [0.15, 0.2) is 0 Å². The summed E-state index contributed by atoms with van der Waals surface area (Å²) >= 11 is 1.68. The van der Waals surface area contributed by atoms with Crippen LogP contribution in [0, 0.1) is 12.7 Å². The number of thioether (sulfide) groups is 1. The maximum Gasteiger partial charge on any atom is 0.123 e. The van der Waals surface area contributed by atoms with E-state index < -0.39 is 0 Å². The second kappa shape index (κ2) is 7.43. The van der Waals surface area contributed by atoms with E-state index in [0.29, 0.717) is 0 Å². The van der Waals surface area contributed by atoms with Gasteiger partial charge in [-0.15, -0.1) is 11.8 Å². The molecule has 0 saturated carbocycles. The first-order valence-electron chi connectivity index (χ1n) is 6.58. The average molecular weight is 290 g/mol. The molecule has 1 atom stereocenters. The predicted octanol–water partition coefficient (Wildman–Crippen LogP) is 3.30. The van der Waals surface area contributed by atoms with Crippen molar-refractivity contribution in [3.05, 3.63) is 65.5 Å². The van der Waals surface area contributed by atoms with Gasteiger partial charge >= 0.3 is 0 Å². The van der Waals surface area contributed by atoms with Crippen molar-refractivity contribution in [3.63, 3.8) is 0 Å². The lowest BCUT2D eigenvalue weighted by atomic mass is 10.0. The number of nitrogens with two attached hydrogens (primary N) is 1. The first kappa shape index (κ1) is 15.0. The Morgan fingerprint density at radius 3 is 2.50 bits per heavy atom. The molecule has 3 N–H and O–H groups in total. The molecule has 0 heterocycles. The highest BCUT2D eigenvalue weighted by molar-refractivity contribution is 7.99. The summed E-state index contributed by atoms with van der Waals surface area (Å²) in [4.78, 5) is 1.05. The molecule has 1 unspecified atom stereocenters. The molecule has 2 rings (SSSR count). The Bertz CT molecular complexity index is 542. The molecule has 106 valence electrons. The van der Waals surface area contributed by atoms with Gasteiger partial charge in [-0.3, -0.25) is 11.3 Å². The van der Waals surface area contributed by atoms with E-state index in [2.05, 4.69) is 24.5 Å². The second-order valence-corrected chi connectivity index (χ2v) is 5.85. The highest BCUT2D eigenvalue weighted by atomic mass is 32.2.